The molecule has 1 amide bonds. The molecule has 6 nitrogen and oxygen atoms in total. The number of hydrogen-bond acceptors (Lipinski definition) is 5. The molecule has 1 saturated heterocycles. The van der Waals surface area contributed by atoms with Crippen LogP contribution in [0.1, 0.15) is 54.4 Å². The average molecular weight is 402 g/mol. The summed E-state index contributed by atoms with van der Waals surface area (Å²) in [4.78, 5) is 30.8. The van der Waals surface area contributed by atoms with E-state index in [1.54, 1.807) is 12.4 Å². The third-order valence-corrected chi connectivity index (χ3v) is 6.25. The van der Waals surface area contributed by atoms with Gasteiger partial charge in [-0.2, -0.15) is 0 Å². The Morgan fingerprint density at radius 3 is 2.30 bits per heavy atom. The number of anilines is 1. The van der Waals surface area contributed by atoms with Crippen LogP contribution in [0.25, 0.3) is 5.57 Å². The monoisotopic (exact) mass is 401 g/mol. The molecule has 3 heterocycles. The van der Waals surface area contributed by atoms with E-state index >= 15 is 0 Å². The van der Waals surface area contributed by atoms with Gasteiger partial charge < -0.3 is 9.80 Å². The molecule has 0 unspecified atom stereocenters. The van der Waals surface area contributed by atoms with Crippen LogP contribution in [0.15, 0.2) is 53.9 Å². The lowest BCUT2D eigenvalue weighted by atomic mass is 9.98. The summed E-state index contributed by atoms with van der Waals surface area (Å²) in [6.07, 6.45) is 13.6. The average Bonchev–Trinajstić information content (AvgIpc) is 3.66. The number of amides is 1. The van der Waals surface area contributed by atoms with Gasteiger partial charge in [-0.3, -0.25) is 9.79 Å². The summed E-state index contributed by atoms with van der Waals surface area (Å²) in [6, 6.07) is 10.6. The molecule has 1 aliphatic carbocycles. The summed E-state index contributed by atoms with van der Waals surface area (Å²) in [5, 5.41) is 0. The van der Waals surface area contributed by atoms with Crippen molar-refractivity contribution in [3.8, 4) is 0 Å². The molecule has 0 atom stereocenters. The fraction of sp³-hybridized carbons (Fsp3) is 0.417. The number of rotatable bonds is 5. The first-order chi connectivity index (χ1) is 14.8. The largest absolute Gasteiger partial charge is 0.341 e. The zero-order valence-electron chi connectivity index (χ0n) is 17.2. The molecule has 2 aliphatic heterocycles. The number of nitrogens with zero attached hydrogens (tertiary/aromatic N) is 5. The van der Waals surface area contributed by atoms with Crippen molar-refractivity contribution in [3.05, 3.63) is 60.1 Å². The van der Waals surface area contributed by atoms with Crippen molar-refractivity contribution in [3.63, 3.8) is 0 Å². The highest BCUT2D eigenvalue weighted by molar-refractivity contribution is 5.95. The van der Waals surface area contributed by atoms with Crippen LogP contribution in [-0.4, -0.2) is 52.2 Å². The normalized spacial score (nSPS) is 19.5. The third kappa shape index (κ3) is 3.99. The number of carbonyl (C=O) groups is 1. The van der Waals surface area contributed by atoms with Gasteiger partial charge in [0, 0.05) is 55.5 Å². The second-order valence-electron chi connectivity index (χ2n) is 8.31. The van der Waals surface area contributed by atoms with Crippen LogP contribution in [0.5, 0.6) is 0 Å². The van der Waals surface area contributed by atoms with E-state index < -0.39 is 0 Å². The first-order valence-corrected chi connectivity index (χ1v) is 11.0. The van der Waals surface area contributed by atoms with Gasteiger partial charge in [-0.15, -0.1) is 0 Å². The second kappa shape index (κ2) is 8.38. The number of carbonyl (C=O) groups excluding carboxylic acids is 1. The molecule has 0 bridgehead atoms. The Labute approximate surface area is 177 Å². The molecule has 0 radical (unpaired) electrons. The SMILES string of the molecule is O=C(c1ccc(C2=CN=CCC2)cc1)N(C1CC1)C1CCN(c2ncccn2)CC1. The van der Waals surface area contributed by atoms with Crippen molar-refractivity contribution in [1.82, 2.24) is 14.9 Å². The van der Waals surface area contributed by atoms with Crippen LogP contribution < -0.4 is 4.90 Å². The molecule has 2 fully saturated rings. The Kier molecular flexibility index (Phi) is 5.30. The molecule has 6 heteroatoms. The van der Waals surface area contributed by atoms with E-state index in [9.17, 15) is 4.79 Å². The van der Waals surface area contributed by atoms with Gasteiger partial charge in [0.2, 0.25) is 5.95 Å². The number of aliphatic imine (C=N–C) groups is 1. The number of aromatic nitrogens is 2. The first-order valence-electron chi connectivity index (χ1n) is 11.0. The lowest BCUT2D eigenvalue weighted by molar-refractivity contribution is 0.0630. The Morgan fingerprint density at radius 1 is 0.967 bits per heavy atom. The standard InChI is InChI=1S/C24H27N5O/c30-23(19-6-4-18(5-7-19)20-3-1-12-25-17-20)29(21-8-9-21)22-10-15-28(16-11-22)24-26-13-2-14-27-24/h2,4-7,12-14,17,21-22H,1,3,8-11,15-16H2. The maximum absolute atomic E-state index is 13.4. The summed E-state index contributed by atoms with van der Waals surface area (Å²) < 4.78 is 0. The molecule has 30 heavy (non-hydrogen) atoms. The van der Waals surface area contributed by atoms with E-state index in [-0.39, 0.29) is 5.91 Å². The molecule has 2 aromatic rings. The zero-order chi connectivity index (χ0) is 20.3. The van der Waals surface area contributed by atoms with Gasteiger partial charge in [0.05, 0.1) is 0 Å². The Hall–Kier alpha value is -3.02. The molecular weight excluding hydrogens is 374 g/mol. The molecule has 5 rings (SSSR count). The summed E-state index contributed by atoms with van der Waals surface area (Å²) in [5.74, 6) is 0.964. The zero-order valence-corrected chi connectivity index (χ0v) is 17.2. The van der Waals surface area contributed by atoms with Crippen LogP contribution in [0.4, 0.5) is 5.95 Å². The smallest absolute Gasteiger partial charge is 0.254 e. The summed E-state index contributed by atoms with van der Waals surface area (Å²) >= 11 is 0. The minimum absolute atomic E-state index is 0.175. The van der Waals surface area contributed by atoms with E-state index in [4.69, 9.17) is 0 Å². The van der Waals surface area contributed by atoms with E-state index in [0.29, 0.717) is 12.1 Å². The number of allylic oxidation sites excluding steroid dienone is 1. The molecule has 1 aromatic heterocycles. The highest BCUT2D eigenvalue weighted by atomic mass is 16.2. The summed E-state index contributed by atoms with van der Waals surface area (Å²) in [7, 11) is 0. The minimum Gasteiger partial charge on any atom is -0.341 e. The summed E-state index contributed by atoms with van der Waals surface area (Å²) in [5.41, 5.74) is 3.20. The van der Waals surface area contributed by atoms with Crippen LogP contribution in [0.3, 0.4) is 0 Å². The number of benzene rings is 1. The maximum Gasteiger partial charge on any atom is 0.254 e. The highest BCUT2D eigenvalue weighted by Crippen LogP contribution is 2.34. The van der Waals surface area contributed by atoms with Gasteiger partial charge in [0.25, 0.3) is 5.91 Å². The molecule has 0 N–H and O–H groups in total. The minimum atomic E-state index is 0.175. The molecular formula is C24H27N5O. The van der Waals surface area contributed by atoms with Crippen molar-refractivity contribution in [1.29, 1.82) is 0 Å². The molecule has 1 saturated carbocycles. The van der Waals surface area contributed by atoms with E-state index in [2.05, 4.69) is 36.9 Å². The van der Waals surface area contributed by atoms with Crippen molar-refractivity contribution < 1.29 is 4.79 Å². The van der Waals surface area contributed by atoms with Gasteiger partial charge in [-0.1, -0.05) is 12.1 Å². The van der Waals surface area contributed by atoms with Crippen LogP contribution >= 0.6 is 0 Å². The first kappa shape index (κ1) is 19.0. The molecule has 0 spiro atoms. The predicted octanol–water partition coefficient (Wildman–Crippen LogP) is 3.96. The van der Waals surface area contributed by atoms with Crippen molar-refractivity contribution in [2.45, 2.75) is 50.6 Å². The quantitative estimate of drug-likeness (QED) is 0.761. The van der Waals surface area contributed by atoms with Crippen molar-refractivity contribution in [2.75, 3.05) is 18.0 Å². The maximum atomic E-state index is 13.4. The Balaban J connectivity index is 1.27. The molecule has 1 aromatic carbocycles. The van der Waals surface area contributed by atoms with Gasteiger partial charge in [0.15, 0.2) is 0 Å². The van der Waals surface area contributed by atoms with E-state index in [1.165, 1.54) is 5.57 Å². The second-order valence-corrected chi connectivity index (χ2v) is 8.31. The van der Waals surface area contributed by atoms with Gasteiger partial charge >= 0.3 is 0 Å². The fourth-order valence-corrected chi connectivity index (χ4v) is 4.48. The molecule has 3 aliphatic rings. The van der Waals surface area contributed by atoms with Gasteiger partial charge in [0.1, 0.15) is 0 Å². The number of hydrogen-bond donors (Lipinski definition) is 0. The van der Waals surface area contributed by atoms with Crippen LogP contribution in [0.2, 0.25) is 0 Å². The van der Waals surface area contributed by atoms with Gasteiger partial charge in [-0.25, -0.2) is 9.97 Å². The van der Waals surface area contributed by atoms with E-state index in [1.807, 2.05) is 30.6 Å². The van der Waals surface area contributed by atoms with Crippen molar-refractivity contribution >= 4 is 23.6 Å². The van der Waals surface area contributed by atoms with E-state index in [0.717, 1.165) is 68.7 Å². The van der Waals surface area contributed by atoms with Crippen LogP contribution in [-0.2, 0) is 0 Å². The third-order valence-electron chi connectivity index (χ3n) is 6.25. The fourth-order valence-electron chi connectivity index (χ4n) is 4.48. The number of piperidine rings is 1. The lowest BCUT2D eigenvalue weighted by Crippen LogP contribution is -2.48. The highest BCUT2D eigenvalue weighted by Gasteiger charge is 2.39. The van der Waals surface area contributed by atoms with Gasteiger partial charge in [-0.05, 0) is 67.9 Å². The van der Waals surface area contributed by atoms with Crippen LogP contribution in [0, 0.1) is 0 Å². The van der Waals surface area contributed by atoms with Crippen molar-refractivity contribution in [2.24, 2.45) is 4.99 Å². The Morgan fingerprint density at radius 2 is 1.67 bits per heavy atom. The Bertz CT molecular complexity index is 941. The predicted molar refractivity (Wildman–Crippen MR) is 119 cm³/mol. The summed E-state index contributed by atoms with van der Waals surface area (Å²) in [6.45, 7) is 1.78. The molecule has 154 valence electrons. The lowest BCUT2D eigenvalue weighted by Gasteiger charge is -2.39. The topological polar surface area (TPSA) is 61.7 Å².